The summed E-state index contributed by atoms with van der Waals surface area (Å²) in [7, 11) is 0. The maximum absolute atomic E-state index is 13.1. The Morgan fingerprint density at radius 1 is 1.11 bits per heavy atom. The van der Waals surface area contributed by atoms with E-state index < -0.39 is 11.7 Å². The molecule has 1 N–H and O–H groups in total. The topological polar surface area (TPSA) is 54.5 Å². The zero-order valence-corrected chi connectivity index (χ0v) is 21.5. The van der Waals surface area contributed by atoms with Crippen LogP contribution in [0, 0.1) is 11.8 Å². The van der Waals surface area contributed by atoms with E-state index >= 15 is 0 Å². The summed E-state index contributed by atoms with van der Waals surface area (Å²) in [6.45, 7) is 8.90. The van der Waals surface area contributed by atoms with Crippen LogP contribution in [-0.2, 0) is 28.7 Å². The Balaban J connectivity index is 0.00000108. The van der Waals surface area contributed by atoms with Gasteiger partial charge in [0.25, 0.3) is 0 Å². The summed E-state index contributed by atoms with van der Waals surface area (Å²) >= 11 is 0. The van der Waals surface area contributed by atoms with Crippen LogP contribution in [0.2, 0.25) is 0 Å². The number of amides is 1. The molecule has 198 valence electrons. The van der Waals surface area contributed by atoms with Gasteiger partial charge in [-0.25, -0.2) is 0 Å². The van der Waals surface area contributed by atoms with Crippen molar-refractivity contribution in [1.29, 1.82) is 0 Å². The van der Waals surface area contributed by atoms with Crippen LogP contribution in [0.5, 0.6) is 0 Å². The molecule has 0 unspecified atom stereocenters. The third-order valence-electron chi connectivity index (χ3n) is 7.50. The predicted octanol–water partition coefficient (Wildman–Crippen LogP) is 5.76. The summed E-state index contributed by atoms with van der Waals surface area (Å²) in [5.74, 6) is 0.689. The molecule has 5 nitrogen and oxygen atoms in total. The molecule has 0 aromatic carbocycles. The Kier molecular flexibility index (Phi) is 10.4. The van der Waals surface area contributed by atoms with Gasteiger partial charge in [0.2, 0.25) is 5.91 Å². The molecule has 3 heterocycles. The number of nitrogens with zero attached hydrogens (tertiary/aromatic N) is 2. The van der Waals surface area contributed by atoms with Crippen molar-refractivity contribution >= 4 is 5.91 Å². The highest BCUT2D eigenvalue weighted by Crippen LogP contribution is 2.33. The molecule has 35 heavy (non-hydrogen) atoms. The number of carbonyl (C=O) groups excluding carboxylic acids is 1. The number of hydrogen-bond donors (Lipinski definition) is 1. The monoisotopic (exact) mass is 497 g/mol. The third kappa shape index (κ3) is 7.66. The Morgan fingerprint density at radius 3 is 2.46 bits per heavy atom. The van der Waals surface area contributed by atoms with E-state index in [4.69, 9.17) is 4.74 Å². The standard InChI is InChI=1S/C24H34F3N3O2.C3H8/c1-2-16-8-11-32-12-9-22(16)29-20-5-3-17(4-6-20)23(31)30-10-7-21-18(15-30)13-19(14-28-21)24(25,26)27;1-3-2/h13-14,16-17,20,22,29H,2-12,15H2,1H3;3H2,1-2H3/t16-,17?,20?,22+;/m1./s1. The fourth-order valence-corrected chi connectivity index (χ4v) is 5.53. The first-order valence-corrected chi connectivity index (χ1v) is 13.4. The molecule has 1 aliphatic carbocycles. The summed E-state index contributed by atoms with van der Waals surface area (Å²) < 4.78 is 44.8. The second-order valence-corrected chi connectivity index (χ2v) is 10.2. The summed E-state index contributed by atoms with van der Waals surface area (Å²) in [6, 6.07) is 2.06. The van der Waals surface area contributed by atoms with E-state index in [0.717, 1.165) is 70.4 Å². The second kappa shape index (κ2) is 13.0. The van der Waals surface area contributed by atoms with E-state index in [1.807, 2.05) is 0 Å². The maximum atomic E-state index is 13.1. The summed E-state index contributed by atoms with van der Waals surface area (Å²) in [5.41, 5.74) is 0.454. The van der Waals surface area contributed by atoms with Gasteiger partial charge in [0, 0.05) is 62.6 Å². The van der Waals surface area contributed by atoms with Gasteiger partial charge in [-0.2, -0.15) is 13.2 Å². The number of nitrogens with one attached hydrogen (secondary N) is 1. The lowest BCUT2D eigenvalue weighted by Gasteiger charge is -2.36. The Labute approximate surface area is 208 Å². The van der Waals surface area contributed by atoms with Crippen molar-refractivity contribution < 1.29 is 22.7 Å². The molecule has 1 saturated carbocycles. The number of pyridine rings is 1. The Morgan fingerprint density at radius 2 is 1.80 bits per heavy atom. The number of aromatic nitrogens is 1. The lowest BCUT2D eigenvalue weighted by atomic mass is 9.83. The van der Waals surface area contributed by atoms with Gasteiger partial charge < -0.3 is 15.0 Å². The zero-order chi connectivity index (χ0) is 25.4. The first-order chi connectivity index (χ1) is 16.8. The van der Waals surface area contributed by atoms with Gasteiger partial charge in [-0.3, -0.25) is 9.78 Å². The van der Waals surface area contributed by atoms with Crippen LogP contribution in [0.25, 0.3) is 0 Å². The van der Waals surface area contributed by atoms with Crippen molar-refractivity contribution in [3.63, 3.8) is 0 Å². The van der Waals surface area contributed by atoms with Crippen LogP contribution in [0.3, 0.4) is 0 Å². The Bertz CT molecular complexity index is 809. The van der Waals surface area contributed by atoms with Crippen LogP contribution in [0.15, 0.2) is 12.3 Å². The number of hydrogen-bond acceptors (Lipinski definition) is 4. The van der Waals surface area contributed by atoms with Crippen molar-refractivity contribution in [3.8, 4) is 0 Å². The predicted molar refractivity (Wildman–Crippen MR) is 131 cm³/mol. The normalized spacial score (nSPS) is 27.3. The molecule has 0 bridgehead atoms. The third-order valence-corrected chi connectivity index (χ3v) is 7.50. The van der Waals surface area contributed by atoms with Gasteiger partial charge in [0.1, 0.15) is 0 Å². The van der Waals surface area contributed by atoms with Crippen LogP contribution >= 0.6 is 0 Å². The maximum Gasteiger partial charge on any atom is 0.417 e. The minimum Gasteiger partial charge on any atom is -0.381 e. The molecule has 2 fully saturated rings. The molecule has 4 rings (SSSR count). The van der Waals surface area contributed by atoms with Crippen molar-refractivity contribution in [2.45, 2.75) is 103 Å². The molecule has 1 aromatic heterocycles. The smallest absolute Gasteiger partial charge is 0.381 e. The summed E-state index contributed by atoms with van der Waals surface area (Å²) in [6.07, 6.45) is 5.13. The molecular weight excluding hydrogens is 455 g/mol. The zero-order valence-electron chi connectivity index (χ0n) is 21.5. The summed E-state index contributed by atoms with van der Waals surface area (Å²) in [5, 5.41) is 3.85. The minimum atomic E-state index is -4.42. The number of carbonyl (C=O) groups is 1. The molecule has 0 spiro atoms. The molecule has 1 amide bonds. The number of rotatable bonds is 4. The number of fused-ring (bicyclic) bond motifs is 1. The molecular formula is C27H42F3N3O2. The van der Waals surface area contributed by atoms with Crippen LogP contribution in [0.4, 0.5) is 13.2 Å². The van der Waals surface area contributed by atoms with Gasteiger partial charge in [0.15, 0.2) is 0 Å². The number of alkyl halides is 3. The SMILES string of the molecule is CCC.CC[C@@H]1CCOCC[C@@H]1NC1CCC(C(=O)N2CCc3ncc(C(F)(F)F)cc3C2)CC1. The van der Waals surface area contributed by atoms with Crippen molar-refractivity contribution in [1.82, 2.24) is 15.2 Å². The van der Waals surface area contributed by atoms with Crippen LogP contribution in [-0.4, -0.2) is 47.6 Å². The van der Waals surface area contributed by atoms with Crippen molar-refractivity contribution in [2.75, 3.05) is 19.8 Å². The van der Waals surface area contributed by atoms with Gasteiger partial charge in [-0.15, -0.1) is 0 Å². The molecule has 0 radical (unpaired) electrons. The van der Waals surface area contributed by atoms with E-state index in [0.29, 0.717) is 42.2 Å². The molecule has 3 aliphatic rings. The average molecular weight is 498 g/mol. The van der Waals surface area contributed by atoms with E-state index in [1.165, 1.54) is 6.42 Å². The quantitative estimate of drug-likeness (QED) is 0.575. The first kappa shape index (κ1) is 27.9. The molecule has 8 heteroatoms. The average Bonchev–Trinajstić information content (AvgIpc) is 3.08. The lowest BCUT2D eigenvalue weighted by molar-refractivity contribution is -0.138. The van der Waals surface area contributed by atoms with E-state index in [9.17, 15) is 18.0 Å². The lowest BCUT2D eigenvalue weighted by Crippen LogP contribution is -2.46. The van der Waals surface area contributed by atoms with Gasteiger partial charge in [0.05, 0.1) is 5.56 Å². The fourth-order valence-electron chi connectivity index (χ4n) is 5.53. The summed E-state index contributed by atoms with van der Waals surface area (Å²) in [4.78, 5) is 18.9. The molecule has 1 saturated heterocycles. The highest BCUT2D eigenvalue weighted by Gasteiger charge is 2.35. The minimum absolute atomic E-state index is 0.0344. The highest BCUT2D eigenvalue weighted by atomic mass is 19.4. The van der Waals surface area contributed by atoms with Crippen molar-refractivity contribution in [3.05, 3.63) is 29.1 Å². The first-order valence-electron chi connectivity index (χ1n) is 13.4. The van der Waals surface area contributed by atoms with Crippen LogP contribution < -0.4 is 5.32 Å². The highest BCUT2D eigenvalue weighted by molar-refractivity contribution is 5.79. The molecule has 2 atom stereocenters. The molecule has 1 aromatic rings. The van der Waals surface area contributed by atoms with Crippen LogP contribution in [0.1, 0.15) is 89.0 Å². The fraction of sp³-hybridized carbons (Fsp3) is 0.778. The van der Waals surface area contributed by atoms with E-state index in [2.05, 4.69) is 31.1 Å². The van der Waals surface area contributed by atoms with E-state index in [1.54, 1.807) is 4.90 Å². The van der Waals surface area contributed by atoms with E-state index in [-0.39, 0.29) is 18.4 Å². The Hall–Kier alpha value is -1.67. The largest absolute Gasteiger partial charge is 0.417 e. The molecule has 2 aliphatic heterocycles. The second-order valence-electron chi connectivity index (χ2n) is 10.2. The number of ether oxygens (including phenoxy) is 1. The number of halogens is 3. The van der Waals surface area contributed by atoms with Gasteiger partial charge >= 0.3 is 6.18 Å². The van der Waals surface area contributed by atoms with Gasteiger partial charge in [-0.1, -0.05) is 33.6 Å². The van der Waals surface area contributed by atoms with Crippen molar-refractivity contribution in [2.24, 2.45) is 11.8 Å². The van der Waals surface area contributed by atoms with Gasteiger partial charge in [-0.05, 0) is 56.1 Å².